The third kappa shape index (κ3) is 5.90. The second-order valence-corrected chi connectivity index (χ2v) is 6.09. The van der Waals surface area contributed by atoms with Crippen molar-refractivity contribution in [2.75, 3.05) is 20.8 Å². The Hall–Kier alpha value is -3.68. The standard InChI is InChI=1S/C21H18ClN3O4/c1-27-17-5-3-14(4-6-17)13-25-21(26)16(12-24)9-15-10-18(22)20(29-8-7-23)19(11-15)28-2/h3-6,9-11H,8,13H2,1-2H3,(H,25,26)/b16-9-. The van der Waals surface area contributed by atoms with Crippen LogP contribution < -0.4 is 19.5 Å². The average molecular weight is 412 g/mol. The largest absolute Gasteiger partial charge is 0.497 e. The van der Waals surface area contributed by atoms with E-state index in [1.165, 1.54) is 19.3 Å². The van der Waals surface area contributed by atoms with Gasteiger partial charge in [0.15, 0.2) is 18.1 Å². The van der Waals surface area contributed by atoms with Gasteiger partial charge < -0.3 is 19.5 Å². The molecule has 0 heterocycles. The lowest BCUT2D eigenvalue weighted by Gasteiger charge is -2.11. The molecule has 0 saturated carbocycles. The monoisotopic (exact) mass is 411 g/mol. The van der Waals surface area contributed by atoms with E-state index in [0.29, 0.717) is 11.3 Å². The number of benzene rings is 2. The van der Waals surface area contributed by atoms with Gasteiger partial charge in [0, 0.05) is 6.54 Å². The summed E-state index contributed by atoms with van der Waals surface area (Å²) in [6, 6.07) is 14.0. The summed E-state index contributed by atoms with van der Waals surface area (Å²) in [5.74, 6) is 0.694. The molecule has 8 heteroatoms. The Bertz CT molecular complexity index is 989. The van der Waals surface area contributed by atoms with Crippen LogP contribution in [0.2, 0.25) is 5.02 Å². The summed E-state index contributed by atoms with van der Waals surface area (Å²) >= 11 is 6.18. The highest BCUT2D eigenvalue weighted by Crippen LogP contribution is 2.37. The maximum Gasteiger partial charge on any atom is 0.262 e. The number of nitrogens with one attached hydrogen (secondary N) is 1. The number of nitrogens with zero attached hydrogens (tertiary/aromatic N) is 2. The Kier molecular flexibility index (Phi) is 7.90. The number of hydrogen-bond acceptors (Lipinski definition) is 6. The second kappa shape index (κ2) is 10.6. The number of nitriles is 2. The van der Waals surface area contributed by atoms with E-state index in [4.69, 9.17) is 31.1 Å². The molecule has 0 fully saturated rings. The van der Waals surface area contributed by atoms with Gasteiger partial charge >= 0.3 is 0 Å². The normalized spacial score (nSPS) is 10.4. The number of methoxy groups -OCH3 is 2. The average Bonchev–Trinajstić information content (AvgIpc) is 2.75. The van der Waals surface area contributed by atoms with Crippen molar-refractivity contribution < 1.29 is 19.0 Å². The quantitative estimate of drug-likeness (QED) is 0.526. The van der Waals surface area contributed by atoms with Crippen LogP contribution >= 0.6 is 11.6 Å². The Balaban J connectivity index is 2.17. The summed E-state index contributed by atoms with van der Waals surface area (Å²) in [5.41, 5.74) is 1.25. The molecule has 0 radical (unpaired) electrons. The van der Waals surface area contributed by atoms with E-state index < -0.39 is 5.91 Å². The Morgan fingerprint density at radius 2 is 1.90 bits per heavy atom. The number of ether oxygens (including phenoxy) is 3. The molecule has 0 aromatic heterocycles. The van der Waals surface area contributed by atoms with Crippen LogP contribution in [0.3, 0.4) is 0 Å². The molecule has 0 atom stereocenters. The van der Waals surface area contributed by atoms with Crippen LogP contribution in [0.4, 0.5) is 0 Å². The number of rotatable bonds is 8. The second-order valence-electron chi connectivity index (χ2n) is 5.68. The highest BCUT2D eigenvalue weighted by Gasteiger charge is 2.14. The minimum absolute atomic E-state index is 0.0951. The van der Waals surface area contributed by atoms with E-state index in [1.807, 2.05) is 24.3 Å². The molecule has 0 aliphatic rings. The third-order valence-corrected chi connectivity index (χ3v) is 4.10. The van der Waals surface area contributed by atoms with Crippen molar-refractivity contribution in [3.8, 4) is 29.4 Å². The van der Waals surface area contributed by atoms with Gasteiger partial charge in [0.2, 0.25) is 0 Å². The van der Waals surface area contributed by atoms with E-state index >= 15 is 0 Å². The molecular weight excluding hydrogens is 394 g/mol. The molecule has 2 aromatic rings. The summed E-state index contributed by atoms with van der Waals surface area (Å²) < 4.78 is 15.6. The minimum Gasteiger partial charge on any atom is -0.497 e. The smallest absolute Gasteiger partial charge is 0.262 e. The Morgan fingerprint density at radius 1 is 1.17 bits per heavy atom. The van der Waals surface area contributed by atoms with Crippen molar-refractivity contribution in [2.24, 2.45) is 0 Å². The zero-order valence-electron chi connectivity index (χ0n) is 15.9. The van der Waals surface area contributed by atoms with E-state index in [9.17, 15) is 10.1 Å². The SMILES string of the molecule is COc1ccc(CNC(=O)/C(C#N)=C\c2cc(Cl)c(OCC#N)c(OC)c2)cc1. The van der Waals surface area contributed by atoms with Gasteiger partial charge in [0.25, 0.3) is 5.91 Å². The number of carbonyl (C=O) groups is 1. The van der Waals surface area contributed by atoms with Gasteiger partial charge in [0.1, 0.15) is 23.5 Å². The van der Waals surface area contributed by atoms with Gasteiger partial charge in [-0.2, -0.15) is 10.5 Å². The number of hydrogen-bond donors (Lipinski definition) is 1. The molecule has 2 aromatic carbocycles. The van der Waals surface area contributed by atoms with Crippen molar-refractivity contribution in [3.05, 3.63) is 58.1 Å². The molecule has 0 aliphatic heterocycles. The van der Waals surface area contributed by atoms with Gasteiger partial charge in [-0.05, 0) is 41.5 Å². The number of carbonyl (C=O) groups excluding carboxylic acids is 1. The minimum atomic E-state index is -0.525. The van der Waals surface area contributed by atoms with Crippen LogP contribution in [0.15, 0.2) is 42.0 Å². The molecule has 0 unspecified atom stereocenters. The first-order chi connectivity index (χ1) is 14.0. The first-order valence-electron chi connectivity index (χ1n) is 8.42. The van der Waals surface area contributed by atoms with E-state index in [1.54, 1.807) is 25.3 Å². The van der Waals surface area contributed by atoms with Crippen molar-refractivity contribution in [3.63, 3.8) is 0 Å². The van der Waals surface area contributed by atoms with Crippen LogP contribution in [-0.4, -0.2) is 26.7 Å². The molecule has 7 nitrogen and oxygen atoms in total. The summed E-state index contributed by atoms with van der Waals surface area (Å²) in [7, 11) is 3.00. The fourth-order valence-corrected chi connectivity index (χ4v) is 2.68. The number of amides is 1. The third-order valence-electron chi connectivity index (χ3n) is 3.82. The van der Waals surface area contributed by atoms with Crippen LogP contribution in [0.1, 0.15) is 11.1 Å². The van der Waals surface area contributed by atoms with Crippen molar-refractivity contribution in [1.82, 2.24) is 5.32 Å². The predicted octanol–water partition coefficient (Wildman–Crippen LogP) is 3.48. The maximum absolute atomic E-state index is 12.4. The molecular formula is C21H18ClN3O4. The molecule has 0 bridgehead atoms. The first-order valence-corrected chi connectivity index (χ1v) is 8.80. The van der Waals surface area contributed by atoms with Gasteiger partial charge in [-0.3, -0.25) is 4.79 Å². The Morgan fingerprint density at radius 3 is 2.48 bits per heavy atom. The van der Waals surface area contributed by atoms with E-state index in [-0.39, 0.29) is 35.2 Å². The Labute approximate surface area is 173 Å². The summed E-state index contributed by atoms with van der Waals surface area (Å²) in [4.78, 5) is 12.4. The zero-order chi connectivity index (χ0) is 21.2. The summed E-state index contributed by atoms with van der Waals surface area (Å²) in [6.07, 6.45) is 1.39. The van der Waals surface area contributed by atoms with Gasteiger partial charge in [-0.1, -0.05) is 23.7 Å². The van der Waals surface area contributed by atoms with Crippen LogP contribution in [0.5, 0.6) is 17.2 Å². The molecule has 29 heavy (non-hydrogen) atoms. The highest BCUT2D eigenvalue weighted by atomic mass is 35.5. The first kappa shape index (κ1) is 21.6. The topological polar surface area (TPSA) is 104 Å². The lowest BCUT2D eigenvalue weighted by atomic mass is 10.1. The van der Waals surface area contributed by atoms with Gasteiger partial charge in [0.05, 0.1) is 19.2 Å². The fourth-order valence-electron chi connectivity index (χ4n) is 2.40. The molecule has 0 aliphatic carbocycles. The van der Waals surface area contributed by atoms with Crippen molar-refractivity contribution in [2.45, 2.75) is 6.54 Å². The molecule has 0 saturated heterocycles. The predicted molar refractivity (Wildman–Crippen MR) is 108 cm³/mol. The lowest BCUT2D eigenvalue weighted by Crippen LogP contribution is -2.23. The maximum atomic E-state index is 12.4. The number of halogens is 1. The van der Waals surface area contributed by atoms with E-state index in [0.717, 1.165) is 5.56 Å². The summed E-state index contributed by atoms with van der Waals surface area (Å²) in [5, 5.41) is 20.9. The molecule has 1 amide bonds. The zero-order valence-corrected chi connectivity index (χ0v) is 16.6. The molecule has 1 N–H and O–H groups in total. The molecule has 0 spiro atoms. The van der Waals surface area contributed by atoms with E-state index in [2.05, 4.69) is 5.32 Å². The van der Waals surface area contributed by atoms with Crippen LogP contribution in [0.25, 0.3) is 6.08 Å². The highest BCUT2D eigenvalue weighted by molar-refractivity contribution is 6.32. The van der Waals surface area contributed by atoms with Crippen LogP contribution in [-0.2, 0) is 11.3 Å². The van der Waals surface area contributed by atoms with Crippen molar-refractivity contribution in [1.29, 1.82) is 10.5 Å². The molecule has 148 valence electrons. The summed E-state index contributed by atoms with van der Waals surface area (Å²) in [6.45, 7) is 0.0648. The van der Waals surface area contributed by atoms with Crippen molar-refractivity contribution >= 4 is 23.6 Å². The van der Waals surface area contributed by atoms with Crippen LogP contribution in [0, 0.1) is 22.7 Å². The lowest BCUT2D eigenvalue weighted by molar-refractivity contribution is -0.117. The molecule has 2 rings (SSSR count). The van der Waals surface area contributed by atoms with Gasteiger partial charge in [-0.15, -0.1) is 0 Å². The van der Waals surface area contributed by atoms with Gasteiger partial charge in [-0.25, -0.2) is 0 Å². The fraction of sp³-hybridized carbons (Fsp3) is 0.190.